The van der Waals surface area contributed by atoms with Crippen molar-refractivity contribution in [2.45, 2.75) is 6.42 Å². The molecule has 0 N–H and O–H groups in total. The molecule has 0 aromatic heterocycles. The van der Waals surface area contributed by atoms with Crippen LogP contribution in [0.5, 0.6) is 0 Å². The van der Waals surface area contributed by atoms with Crippen molar-refractivity contribution in [2.75, 3.05) is 13.7 Å². The Balaban J connectivity index is 1.83. The van der Waals surface area contributed by atoms with Gasteiger partial charge in [0, 0.05) is 17.6 Å². The highest BCUT2D eigenvalue weighted by atomic mass is 16.5. The van der Waals surface area contributed by atoms with Crippen LogP contribution in [-0.2, 0) is 14.3 Å². The van der Waals surface area contributed by atoms with Crippen LogP contribution in [0.2, 0.25) is 0 Å². The normalized spacial score (nSPS) is 16.1. The molecule has 0 bridgehead atoms. The van der Waals surface area contributed by atoms with E-state index in [4.69, 9.17) is 9.47 Å². The Kier molecular flexibility index (Phi) is 3.73. The first-order valence-electron chi connectivity index (χ1n) is 8.06. The van der Waals surface area contributed by atoms with E-state index in [1.165, 1.54) is 7.11 Å². The molecule has 25 heavy (non-hydrogen) atoms. The first-order valence-corrected chi connectivity index (χ1v) is 8.06. The summed E-state index contributed by atoms with van der Waals surface area (Å²) in [5.74, 6) is -0.598. The van der Waals surface area contributed by atoms with Crippen molar-refractivity contribution in [1.29, 1.82) is 0 Å². The lowest BCUT2D eigenvalue weighted by Crippen LogP contribution is -2.02. The Hall–Kier alpha value is -3.14. The number of hydrogen-bond donors (Lipinski definition) is 0. The van der Waals surface area contributed by atoms with Gasteiger partial charge in [0.25, 0.3) is 0 Å². The maximum absolute atomic E-state index is 12.0. The highest BCUT2D eigenvalue weighted by molar-refractivity contribution is 6.12. The summed E-state index contributed by atoms with van der Waals surface area (Å²) in [6, 6.07) is 17.3. The summed E-state index contributed by atoms with van der Waals surface area (Å²) in [6.45, 7) is 0.304. The molecule has 0 saturated carbocycles. The third kappa shape index (κ3) is 2.56. The molecule has 0 radical (unpaired) electrons. The van der Waals surface area contributed by atoms with E-state index in [-0.39, 0.29) is 11.9 Å². The van der Waals surface area contributed by atoms with E-state index in [0.29, 0.717) is 18.6 Å². The third-order valence-electron chi connectivity index (χ3n) is 4.63. The molecule has 0 unspecified atom stereocenters. The fraction of sp³-hybridized carbons (Fsp3) is 0.143. The molecular formula is C21H16O4. The molecule has 4 rings (SSSR count). The molecule has 1 heterocycles. The predicted octanol–water partition coefficient (Wildman–Crippen LogP) is 3.64. The second kappa shape index (κ2) is 6.06. The van der Waals surface area contributed by atoms with Gasteiger partial charge >= 0.3 is 11.9 Å². The zero-order chi connectivity index (χ0) is 17.4. The Labute approximate surface area is 145 Å². The standard InChI is InChI=1S/C21H16O4/c1-24-20(22)15-9-7-14(8-10-15)19-16(13-5-3-2-4-6-13)11-17-18(19)12-25-21(17)23/h2-10H,11-12H2,1H3. The van der Waals surface area contributed by atoms with Crippen molar-refractivity contribution in [2.24, 2.45) is 0 Å². The number of benzene rings is 2. The number of esters is 2. The highest BCUT2D eigenvalue weighted by Gasteiger charge is 2.35. The first kappa shape index (κ1) is 15.4. The summed E-state index contributed by atoms with van der Waals surface area (Å²) in [7, 11) is 1.36. The van der Waals surface area contributed by atoms with Crippen LogP contribution in [0.4, 0.5) is 0 Å². The van der Waals surface area contributed by atoms with E-state index in [1.807, 2.05) is 42.5 Å². The molecular weight excluding hydrogens is 316 g/mol. The van der Waals surface area contributed by atoms with Crippen molar-refractivity contribution in [3.05, 3.63) is 82.4 Å². The smallest absolute Gasteiger partial charge is 0.337 e. The van der Waals surface area contributed by atoms with Crippen LogP contribution < -0.4 is 0 Å². The molecule has 0 atom stereocenters. The molecule has 2 aromatic carbocycles. The van der Waals surface area contributed by atoms with Gasteiger partial charge in [-0.3, -0.25) is 0 Å². The van der Waals surface area contributed by atoms with Gasteiger partial charge in [-0.1, -0.05) is 42.5 Å². The SMILES string of the molecule is COC(=O)c1ccc(C2=C(c3ccccc3)CC3=C2COC3=O)cc1. The molecule has 1 aliphatic heterocycles. The molecule has 124 valence electrons. The Morgan fingerprint density at radius 3 is 2.32 bits per heavy atom. The summed E-state index contributed by atoms with van der Waals surface area (Å²) >= 11 is 0. The maximum atomic E-state index is 12.0. The van der Waals surface area contributed by atoms with E-state index in [9.17, 15) is 9.59 Å². The summed E-state index contributed by atoms with van der Waals surface area (Å²) in [5, 5.41) is 0. The van der Waals surface area contributed by atoms with E-state index in [1.54, 1.807) is 12.1 Å². The molecule has 4 heteroatoms. The largest absolute Gasteiger partial charge is 0.465 e. The topological polar surface area (TPSA) is 52.6 Å². The van der Waals surface area contributed by atoms with Gasteiger partial charge in [0.1, 0.15) is 6.61 Å². The lowest BCUT2D eigenvalue weighted by atomic mass is 9.93. The van der Waals surface area contributed by atoms with E-state index in [0.717, 1.165) is 33.4 Å². The minimum absolute atomic E-state index is 0.232. The lowest BCUT2D eigenvalue weighted by Gasteiger charge is -2.13. The van der Waals surface area contributed by atoms with Gasteiger partial charge in [-0.25, -0.2) is 9.59 Å². The van der Waals surface area contributed by atoms with Crippen molar-refractivity contribution < 1.29 is 19.1 Å². The van der Waals surface area contributed by atoms with Gasteiger partial charge in [0.15, 0.2) is 0 Å². The number of carbonyl (C=O) groups excluding carboxylic acids is 2. The van der Waals surface area contributed by atoms with Crippen molar-refractivity contribution in [1.82, 2.24) is 0 Å². The van der Waals surface area contributed by atoms with Crippen molar-refractivity contribution in [3.63, 3.8) is 0 Å². The predicted molar refractivity (Wildman–Crippen MR) is 93.6 cm³/mol. The molecule has 4 nitrogen and oxygen atoms in total. The molecule has 0 saturated heterocycles. The third-order valence-corrected chi connectivity index (χ3v) is 4.63. The molecule has 0 spiro atoms. The van der Waals surface area contributed by atoms with Gasteiger partial charge in [0.2, 0.25) is 0 Å². The molecule has 1 aliphatic carbocycles. The zero-order valence-electron chi connectivity index (χ0n) is 13.7. The summed E-state index contributed by atoms with van der Waals surface area (Å²) < 4.78 is 9.96. The minimum atomic E-state index is -0.366. The number of hydrogen-bond acceptors (Lipinski definition) is 4. The van der Waals surface area contributed by atoms with E-state index >= 15 is 0 Å². The first-order chi connectivity index (χ1) is 12.2. The van der Waals surface area contributed by atoms with Crippen LogP contribution in [0.1, 0.15) is 27.9 Å². The van der Waals surface area contributed by atoms with Gasteiger partial charge in [0.05, 0.1) is 12.7 Å². The fourth-order valence-corrected chi connectivity index (χ4v) is 3.41. The number of methoxy groups -OCH3 is 1. The Bertz CT molecular complexity index is 918. The molecule has 2 aliphatic rings. The van der Waals surface area contributed by atoms with Crippen LogP contribution in [0.25, 0.3) is 11.1 Å². The average Bonchev–Trinajstić information content (AvgIpc) is 3.22. The van der Waals surface area contributed by atoms with E-state index < -0.39 is 0 Å². The van der Waals surface area contributed by atoms with Crippen LogP contribution in [0.3, 0.4) is 0 Å². The number of rotatable bonds is 3. The monoisotopic (exact) mass is 332 g/mol. The second-order valence-electron chi connectivity index (χ2n) is 6.00. The van der Waals surface area contributed by atoms with Gasteiger partial charge in [-0.05, 0) is 34.4 Å². The van der Waals surface area contributed by atoms with Gasteiger partial charge < -0.3 is 9.47 Å². The highest BCUT2D eigenvalue weighted by Crippen LogP contribution is 2.46. The van der Waals surface area contributed by atoms with E-state index in [2.05, 4.69) is 0 Å². The number of ether oxygens (including phenoxy) is 2. The van der Waals surface area contributed by atoms with Crippen molar-refractivity contribution in [3.8, 4) is 0 Å². The summed E-state index contributed by atoms with van der Waals surface area (Å²) in [4.78, 5) is 23.7. The van der Waals surface area contributed by atoms with Crippen LogP contribution in [-0.4, -0.2) is 25.7 Å². The Morgan fingerprint density at radius 2 is 1.64 bits per heavy atom. The number of allylic oxidation sites excluding steroid dienone is 1. The summed E-state index contributed by atoms with van der Waals surface area (Å²) in [5.41, 5.74) is 6.41. The lowest BCUT2D eigenvalue weighted by molar-refractivity contribution is -0.136. The van der Waals surface area contributed by atoms with Gasteiger partial charge in [-0.15, -0.1) is 0 Å². The van der Waals surface area contributed by atoms with Crippen LogP contribution >= 0.6 is 0 Å². The molecule has 0 fully saturated rings. The number of carbonyl (C=O) groups is 2. The number of cyclic esters (lactones) is 1. The quantitative estimate of drug-likeness (QED) is 0.805. The minimum Gasteiger partial charge on any atom is -0.465 e. The maximum Gasteiger partial charge on any atom is 0.337 e. The molecule has 2 aromatic rings. The average molecular weight is 332 g/mol. The molecule has 0 amide bonds. The van der Waals surface area contributed by atoms with Crippen LogP contribution in [0.15, 0.2) is 65.7 Å². The summed E-state index contributed by atoms with van der Waals surface area (Å²) in [6.07, 6.45) is 0.576. The fourth-order valence-electron chi connectivity index (χ4n) is 3.41. The Morgan fingerprint density at radius 1 is 0.920 bits per heavy atom. The zero-order valence-corrected chi connectivity index (χ0v) is 13.7. The van der Waals surface area contributed by atoms with Crippen molar-refractivity contribution >= 4 is 23.1 Å². The van der Waals surface area contributed by atoms with Crippen LogP contribution in [0, 0.1) is 0 Å². The van der Waals surface area contributed by atoms with Gasteiger partial charge in [-0.2, -0.15) is 0 Å². The second-order valence-corrected chi connectivity index (χ2v) is 6.00.